The molecule has 0 bridgehead atoms. The number of hydrogen-bond acceptors (Lipinski definition) is 3. The van der Waals surface area contributed by atoms with Gasteiger partial charge in [-0.25, -0.2) is 9.37 Å². The summed E-state index contributed by atoms with van der Waals surface area (Å²) in [5, 5.41) is 0. The van der Waals surface area contributed by atoms with Gasteiger partial charge in [0.25, 0.3) is 0 Å². The van der Waals surface area contributed by atoms with E-state index in [0.29, 0.717) is 17.2 Å². The molecule has 3 nitrogen and oxygen atoms in total. The van der Waals surface area contributed by atoms with Gasteiger partial charge in [0.2, 0.25) is 5.88 Å². The summed E-state index contributed by atoms with van der Waals surface area (Å²) in [4.78, 5) is 3.99. The predicted molar refractivity (Wildman–Crippen MR) is 58.6 cm³/mol. The summed E-state index contributed by atoms with van der Waals surface area (Å²) < 4.78 is 18.8. The zero-order valence-corrected chi connectivity index (χ0v) is 8.56. The number of halogens is 1. The Morgan fingerprint density at radius 2 is 2.06 bits per heavy atom. The number of aromatic nitrogens is 1. The van der Waals surface area contributed by atoms with Gasteiger partial charge in [-0.15, -0.1) is 0 Å². The number of pyridine rings is 1. The molecule has 2 aromatic rings. The third kappa shape index (κ3) is 2.17. The number of nitrogens with two attached hydrogens (primary N) is 1. The Kier molecular flexibility index (Phi) is 3.12. The Morgan fingerprint density at radius 1 is 1.19 bits per heavy atom. The number of nitrogens with zero attached hydrogens (tertiary/aromatic N) is 1. The van der Waals surface area contributed by atoms with Crippen LogP contribution in [0.3, 0.4) is 0 Å². The summed E-state index contributed by atoms with van der Waals surface area (Å²) in [5.41, 5.74) is 5.82. The molecule has 0 amide bonds. The minimum Gasteiger partial charge on any atom is -0.439 e. The first-order chi connectivity index (χ1) is 7.81. The second-order valence-corrected chi connectivity index (χ2v) is 3.19. The summed E-state index contributed by atoms with van der Waals surface area (Å²) in [6.45, 7) is 0.0921. The predicted octanol–water partition coefficient (Wildman–Crippen LogP) is 2.47. The second-order valence-electron chi connectivity index (χ2n) is 3.19. The van der Waals surface area contributed by atoms with Gasteiger partial charge in [0.1, 0.15) is 11.6 Å². The Morgan fingerprint density at radius 3 is 2.75 bits per heavy atom. The Bertz CT molecular complexity index is 474. The van der Waals surface area contributed by atoms with Crippen molar-refractivity contribution in [1.29, 1.82) is 0 Å². The first-order valence-electron chi connectivity index (χ1n) is 4.87. The Balaban J connectivity index is 2.31. The third-order valence-corrected chi connectivity index (χ3v) is 2.13. The molecule has 0 spiro atoms. The second kappa shape index (κ2) is 4.72. The SMILES string of the molecule is NCc1c(F)cccc1Oc1ccccn1. The molecule has 1 heterocycles. The van der Waals surface area contributed by atoms with E-state index in [9.17, 15) is 4.39 Å². The van der Waals surface area contributed by atoms with Crippen LogP contribution >= 0.6 is 0 Å². The van der Waals surface area contributed by atoms with Crippen LogP contribution in [0.2, 0.25) is 0 Å². The lowest BCUT2D eigenvalue weighted by Gasteiger charge is -2.09. The van der Waals surface area contributed by atoms with E-state index < -0.39 is 0 Å². The topological polar surface area (TPSA) is 48.1 Å². The van der Waals surface area contributed by atoms with Crippen LogP contribution in [0.1, 0.15) is 5.56 Å². The molecule has 0 fully saturated rings. The van der Waals surface area contributed by atoms with Gasteiger partial charge in [-0.1, -0.05) is 12.1 Å². The summed E-state index contributed by atoms with van der Waals surface area (Å²) >= 11 is 0. The highest BCUT2D eigenvalue weighted by Crippen LogP contribution is 2.25. The summed E-state index contributed by atoms with van der Waals surface area (Å²) in [6, 6.07) is 9.87. The molecule has 1 aromatic heterocycles. The van der Waals surface area contributed by atoms with Gasteiger partial charge in [-0.05, 0) is 18.2 Å². The van der Waals surface area contributed by atoms with Crippen molar-refractivity contribution in [2.75, 3.05) is 0 Å². The third-order valence-electron chi connectivity index (χ3n) is 2.13. The molecule has 16 heavy (non-hydrogen) atoms. The molecule has 4 heteroatoms. The molecular formula is C12H11FN2O. The van der Waals surface area contributed by atoms with Crippen molar-refractivity contribution in [2.24, 2.45) is 5.73 Å². The largest absolute Gasteiger partial charge is 0.439 e. The quantitative estimate of drug-likeness (QED) is 0.860. The Hall–Kier alpha value is -1.94. The van der Waals surface area contributed by atoms with E-state index in [-0.39, 0.29) is 12.4 Å². The maximum absolute atomic E-state index is 13.4. The summed E-state index contributed by atoms with van der Waals surface area (Å²) in [6.07, 6.45) is 1.61. The lowest BCUT2D eigenvalue weighted by molar-refractivity contribution is 0.450. The van der Waals surface area contributed by atoms with E-state index >= 15 is 0 Å². The molecule has 0 aliphatic heterocycles. The van der Waals surface area contributed by atoms with Gasteiger partial charge in [0.05, 0.1) is 0 Å². The first-order valence-corrected chi connectivity index (χ1v) is 4.87. The standard InChI is InChI=1S/C12H11FN2O/c13-10-4-3-5-11(9(10)8-14)16-12-6-1-2-7-15-12/h1-7H,8,14H2. The zero-order valence-electron chi connectivity index (χ0n) is 8.56. The average Bonchev–Trinajstić information content (AvgIpc) is 2.31. The van der Waals surface area contributed by atoms with Crippen LogP contribution in [-0.4, -0.2) is 4.98 Å². The van der Waals surface area contributed by atoms with Crippen molar-refractivity contribution < 1.29 is 9.13 Å². The van der Waals surface area contributed by atoms with Gasteiger partial charge < -0.3 is 10.5 Å². The van der Waals surface area contributed by atoms with E-state index in [4.69, 9.17) is 10.5 Å². The van der Waals surface area contributed by atoms with Crippen LogP contribution in [0.15, 0.2) is 42.6 Å². The molecule has 82 valence electrons. The van der Waals surface area contributed by atoms with Crippen molar-refractivity contribution >= 4 is 0 Å². The molecule has 2 rings (SSSR count). The van der Waals surface area contributed by atoms with Crippen LogP contribution in [0.25, 0.3) is 0 Å². The highest BCUT2D eigenvalue weighted by atomic mass is 19.1. The van der Waals surface area contributed by atoms with Crippen LogP contribution in [0, 0.1) is 5.82 Å². The molecule has 0 unspecified atom stereocenters. The lowest BCUT2D eigenvalue weighted by Crippen LogP contribution is -2.02. The first kappa shape index (κ1) is 10.6. The van der Waals surface area contributed by atoms with Crippen molar-refractivity contribution in [2.45, 2.75) is 6.54 Å². The fraction of sp³-hybridized carbons (Fsp3) is 0.0833. The molecule has 0 radical (unpaired) electrons. The molecule has 1 aromatic carbocycles. The van der Waals surface area contributed by atoms with Crippen molar-refractivity contribution in [1.82, 2.24) is 4.98 Å². The highest BCUT2D eigenvalue weighted by Gasteiger charge is 2.08. The summed E-state index contributed by atoms with van der Waals surface area (Å²) in [7, 11) is 0. The van der Waals surface area contributed by atoms with E-state index in [1.165, 1.54) is 6.07 Å². The molecule has 0 atom stereocenters. The van der Waals surface area contributed by atoms with Gasteiger partial charge >= 0.3 is 0 Å². The lowest BCUT2D eigenvalue weighted by atomic mass is 10.2. The maximum atomic E-state index is 13.4. The molecular weight excluding hydrogens is 207 g/mol. The van der Waals surface area contributed by atoms with Crippen molar-refractivity contribution in [3.63, 3.8) is 0 Å². The number of rotatable bonds is 3. The molecule has 0 saturated carbocycles. The molecule has 0 aliphatic carbocycles. The fourth-order valence-corrected chi connectivity index (χ4v) is 1.35. The highest BCUT2D eigenvalue weighted by molar-refractivity contribution is 5.36. The van der Waals surface area contributed by atoms with E-state index in [1.54, 1.807) is 36.5 Å². The summed E-state index contributed by atoms with van der Waals surface area (Å²) in [5.74, 6) is 0.458. The number of hydrogen-bond donors (Lipinski definition) is 1. The van der Waals surface area contributed by atoms with Gasteiger partial charge in [-0.3, -0.25) is 0 Å². The zero-order chi connectivity index (χ0) is 11.4. The van der Waals surface area contributed by atoms with Crippen LogP contribution < -0.4 is 10.5 Å². The van der Waals surface area contributed by atoms with E-state index in [1.807, 2.05) is 0 Å². The molecule has 0 saturated heterocycles. The van der Waals surface area contributed by atoms with E-state index in [2.05, 4.69) is 4.98 Å². The maximum Gasteiger partial charge on any atom is 0.219 e. The van der Waals surface area contributed by atoms with Gasteiger partial charge in [0, 0.05) is 24.4 Å². The van der Waals surface area contributed by atoms with Crippen molar-refractivity contribution in [3.05, 3.63) is 54.0 Å². The smallest absolute Gasteiger partial charge is 0.219 e. The van der Waals surface area contributed by atoms with Gasteiger partial charge in [0.15, 0.2) is 0 Å². The minimum absolute atomic E-state index is 0.0921. The number of benzene rings is 1. The van der Waals surface area contributed by atoms with Gasteiger partial charge in [-0.2, -0.15) is 0 Å². The number of ether oxygens (including phenoxy) is 1. The Labute approximate surface area is 92.7 Å². The van der Waals surface area contributed by atoms with E-state index in [0.717, 1.165) is 0 Å². The molecule has 2 N–H and O–H groups in total. The fourth-order valence-electron chi connectivity index (χ4n) is 1.35. The van der Waals surface area contributed by atoms with Crippen LogP contribution in [-0.2, 0) is 6.54 Å². The van der Waals surface area contributed by atoms with Crippen LogP contribution in [0.4, 0.5) is 4.39 Å². The molecule has 0 aliphatic rings. The van der Waals surface area contributed by atoms with Crippen molar-refractivity contribution in [3.8, 4) is 11.6 Å². The van der Waals surface area contributed by atoms with Crippen LogP contribution in [0.5, 0.6) is 11.6 Å². The normalized spacial score (nSPS) is 10.1. The average molecular weight is 218 g/mol. The monoisotopic (exact) mass is 218 g/mol. The minimum atomic E-state index is -0.365.